The Morgan fingerprint density at radius 3 is 2.31 bits per heavy atom. The van der Waals surface area contributed by atoms with E-state index in [9.17, 15) is 8.78 Å². The lowest BCUT2D eigenvalue weighted by molar-refractivity contribution is 0.458. The number of halogens is 3. The minimum Gasteiger partial charge on any atom is -0.207 e. The molecule has 0 saturated heterocycles. The average molecular weight is 247 g/mol. The molecule has 90 valence electrons. The molecule has 3 heteroatoms. The molecule has 0 spiro atoms. The molecule has 0 aliphatic heterocycles. The monoisotopic (exact) mass is 246 g/mol. The molecule has 0 N–H and O–H groups in total. The first-order chi connectivity index (χ1) is 7.58. The number of hydrogen-bond donors (Lipinski definition) is 0. The van der Waals surface area contributed by atoms with Gasteiger partial charge in [-0.1, -0.05) is 32.8 Å². The molecule has 1 unspecified atom stereocenters. The fourth-order valence-electron chi connectivity index (χ4n) is 1.86. The van der Waals surface area contributed by atoms with Gasteiger partial charge in [-0.05, 0) is 24.0 Å². The van der Waals surface area contributed by atoms with Crippen LogP contribution in [0.1, 0.15) is 32.3 Å². The van der Waals surface area contributed by atoms with Gasteiger partial charge in [-0.25, -0.2) is 8.78 Å². The smallest absolute Gasteiger partial charge is 0.129 e. The van der Waals surface area contributed by atoms with Crippen molar-refractivity contribution >= 4 is 11.6 Å². The summed E-state index contributed by atoms with van der Waals surface area (Å²) in [5.74, 6) is -0.669. The van der Waals surface area contributed by atoms with Gasteiger partial charge in [0, 0.05) is 11.4 Å². The molecule has 1 aromatic rings. The zero-order valence-electron chi connectivity index (χ0n) is 9.64. The van der Waals surface area contributed by atoms with Gasteiger partial charge in [0.25, 0.3) is 0 Å². The summed E-state index contributed by atoms with van der Waals surface area (Å²) in [7, 11) is 0. The van der Waals surface area contributed by atoms with Crippen LogP contribution >= 0.6 is 11.6 Å². The van der Waals surface area contributed by atoms with Gasteiger partial charge in [-0.15, -0.1) is 11.6 Å². The fourth-order valence-corrected chi connectivity index (χ4v) is 2.39. The highest BCUT2D eigenvalue weighted by molar-refractivity contribution is 6.20. The van der Waals surface area contributed by atoms with Crippen molar-refractivity contribution in [2.75, 3.05) is 0 Å². The number of hydrogen-bond acceptors (Lipinski definition) is 0. The van der Waals surface area contributed by atoms with E-state index in [-0.39, 0.29) is 5.38 Å². The Balaban J connectivity index is 2.72. The lowest BCUT2D eigenvalue weighted by atomic mass is 9.94. The van der Waals surface area contributed by atoms with Crippen LogP contribution in [-0.2, 0) is 6.42 Å². The normalized spacial score (nSPS) is 13.1. The van der Waals surface area contributed by atoms with Crippen molar-refractivity contribution in [3.63, 3.8) is 0 Å². The first kappa shape index (κ1) is 13.4. The molecule has 0 aromatic heterocycles. The minimum atomic E-state index is -0.546. The van der Waals surface area contributed by atoms with E-state index in [1.54, 1.807) is 0 Å². The molecule has 0 aliphatic rings. The predicted molar refractivity (Wildman–Crippen MR) is 63.8 cm³/mol. The zero-order valence-corrected chi connectivity index (χ0v) is 10.4. The Labute approximate surface area is 101 Å². The summed E-state index contributed by atoms with van der Waals surface area (Å²) in [5, 5.41) is -0.0880. The summed E-state index contributed by atoms with van der Waals surface area (Å²) in [6, 6.07) is 3.66. The second-order valence-electron chi connectivity index (χ2n) is 4.03. The van der Waals surface area contributed by atoms with Crippen LogP contribution in [0.3, 0.4) is 0 Å². The first-order valence-electron chi connectivity index (χ1n) is 5.66. The molecule has 1 aromatic carbocycles. The molecule has 0 aliphatic carbocycles. The third-order valence-electron chi connectivity index (χ3n) is 2.99. The SMILES string of the molecule is CCC(CC)C(Cl)Cc1ccc(F)cc1F. The van der Waals surface area contributed by atoms with Gasteiger partial charge >= 0.3 is 0 Å². The van der Waals surface area contributed by atoms with Crippen molar-refractivity contribution in [3.05, 3.63) is 35.4 Å². The topological polar surface area (TPSA) is 0 Å². The lowest BCUT2D eigenvalue weighted by Gasteiger charge is -2.19. The van der Waals surface area contributed by atoms with Crippen molar-refractivity contribution in [3.8, 4) is 0 Å². The number of rotatable bonds is 5. The molecule has 1 atom stereocenters. The van der Waals surface area contributed by atoms with Crippen molar-refractivity contribution in [2.24, 2.45) is 5.92 Å². The van der Waals surface area contributed by atoms with Crippen LogP contribution in [0.15, 0.2) is 18.2 Å². The third-order valence-corrected chi connectivity index (χ3v) is 3.50. The van der Waals surface area contributed by atoms with Crippen LogP contribution in [0.4, 0.5) is 8.78 Å². The fraction of sp³-hybridized carbons (Fsp3) is 0.538. The molecular weight excluding hydrogens is 230 g/mol. The van der Waals surface area contributed by atoms with Crippen molar-refractivity contribution < 1.29 is 8.78 Å². The van der Waals surface area contributed by atoms with Crippen LogP contribution in [-0.4, -0.2) is 5.38 Å². The number of alkyl halides is 1. The van der Waals surface area contributed by atoms with Crippen LogP contribution < -0.4 is 0 Å². The summed E-state index contributed by atoms with van der Waals surface area (Å²) >= 11 is 6.23. The third kappa shape index (κ3) is 3.44. The van der Waals surface area contributed by atoms with Crippen molar-refractivity contribution in [1.82, 2.24) is 0 Å². The Hall–Kier alpha value is -0.630. The van der Waals surface area contributed by atoms with E-state index in [1.165, 1.54) is 12.1 Å². The maximum absolute atomic E-state index is 13.4. The first-order valence-corrected chi connectivity index (χ1v) is 6.10. The number of benzene rings is 1. The zero-order chi connectivity index (χ0) is 12.1. The van der Waals surface area contributed by atoms with Gasteiger partial charge < -0.3 is 0 Å². The Kier molecular flexibility index (Phi) is 5.20. The van der Waals surface area contributed by atoms with Crippen molar-refractivity contribution in [2.45, 2.75) is 38.5 Å². The average Bonchev–Trinajstić information content (AvgIpc) is 2.24. The standard InChI is InChI=1S/C13H17ClF2/c1-3-9(4-2)12(14)7-10-5-6-11(15)8-13(10)16/h5-6,8-9,12H,3-4,7H2,1-2H3. The van der Waals surface area contributed by atoms with Gasteiger partial charge in [-0.3, -0.25) is 0 Å². The van der Waals surface area contributed by atoms with E-state index in [0.29, 0.717) is 17.9 Å². The molecule has 0 saturated carbocycles. The van der Waals surface area contributed by atoms with Gasteiger partial charge in [0.2, 0.25) is 0 Å². The summed E-state index contributed by atoms with van der Waals surface area (Å²) in [6.45, 7) is 4.15. The van der Waals surface area contributed by atoms with E-state index in [2.05, 4.69) is 13.8 Å². The quantitative estimate of drug-likeness (QED) is 0.669. The highest BCUT2D eigenvalue weighted by Gasteiger charge is 2.17. The maximum atomic E-state index is 13.4. The van der Waals surface area contributed by atoms with Crippen LogP contribution in [0, 0.1) is 17.6 Å². The van der Waals surface area contributed by atoms with E-state index in [1.807, 2.05) is 0 Å². The highest BCUT2D eigenvalue weighted by atomic mass is 35.5. The second-order valence-corrected chi connectivity index (χ2v) is 4.59. The molecule has 0 amide bonds. The Morgan fingerprint density at radius 2 is 1.81 bits per heavy atom. The molecular formula is C13H17ClF2. The van der Waals surface area contributed by atoms with Gasteiger partial charge in [0.05, 0.1) is 0 Å². The molecule has 0 heterocycles. The molecule has 1 rings (SSSR count). The molecule has 0 radical (unpaired) electrons. The van der Waals surface area contributed by atoms with E-state index in [4.69, 9.17) is 11.6 Å². The molecule has 0 nitrogen and oxygen atoms in total. The lowest BCUT2D eigenvalue weighted by Crippen LogP contribution is -2.16. The molecule has 16 heavy (non-hydrogen) atoms. The Bertz CT molecular complexity index is 335. The van der Waals surface area contributed by atoms with Crippen LogP contribution in [0.2, 0.25) is 0 Å². The second kappa shape index (κ2) is 6.19. The van der Waals surface area contributed by atoms with Gasteiger partial charge in [0.1, 0.15) is 11.6 Å². The van der Waals surface area contributed by atoms with Crippen molar-refractivity contribution in [1.29, 1.82) is 0 Å². The van der Waals surface area contributed by atoms with E-state index >= 15 is 0 Å². The summed E-state index contributed by atoms with van der Waals surface area (Å²) in [6.07, 6.45) is 2.42. The van der Waals surface area contributed by atoms with Gasteiger partial charge in [0.15, 0.2) is 0 Å². The van der Waals surface area contributed by atoms with Gasteiger partial charge in [-0.2, -0.15) is 0 Å². The van der Waals surface area contributed by atoms with Crippen LogP contribution in [0.5, 0.6) is 0 Å². The predicted octanol–water partition coefficient (Wildman–Crippen LogP) is 4.55. The summed E-state index contributed by atoms with van der Waals surface area (Å²) in [5.41, 5.74) is 0.494. The van der Waals surface area contributed by atoms with E-state index in [0.717, 1.165) is 18.9 Å². The maximum Gasteiger partial charge on any atom is 0.129 e. The van der Waals surface area contributed by atoms with E-state index < -0.39 is 11.6 Å². The Morgan fingerprint density at radius 1 is 1.19 bits per heavy atom. The summed E-state index contributed by atoms with van der Waals surface area (Å²) < 4.78 is 26.1. The van der Waals surface area contributed by atoms with Crippen LogP contribution in [0.25, 0.3) is 0 Å². The largest absolute Gasteiger partial charge is 0.207 e. The minimum absolute atomic E-state index is 0.0880. The molecule has 0 fully saturated rings. The summed E-state index contributed by atoms with van der Waals surface area (Å²) in [4.78, 5) is 0. The molecule has 0 bridgehead atoms. The highest BCUT2D eigenvalue weighted by Crippen LogP contribution is 2.23.